The average Bonchev–Trinajstić information content (AvgIpc) is 3.53. The molecule has 0 atom stereocenters. The maximum absolute atomic E-state index is 2.47. The average molecular weight is 742 g/mol. The Morgan fingerprint density at radius 2 is 0.707 bits per heavy atom. The van der Waals surface area contributed by atoms with E-state index in [1.807, 2.05) is 0 Å². The highest BCUT2D eigenvalue weighted by Gasteiger charge is 2.36. The van der Waals surface area contributed by atoms with Crippen LogP contribution in [0, 0.1) is 0 Å². The van der Waals surface area contributed by atoms with Crippen molar-refractivity contribution in [3.63, 3.8) is 0 Å². The van der Waals surface area contributed by atoms with E-state index in [1.165, 1.54) is 72.3 Å². The molecule has 9 aromatic carbocycles. The number of benzene rings is 9. The minimum atomic E-state index is -0.136. The largest absolute Gasteiger partial charge is 0.310 e. The van der Waals surface area contributed by atoms with Crippen LogP contribution in [0.3, 0.4) is 0 Å². The van der Waals surface area contributed by atoms with Crippen molar-refractivity contribution in [2.75, 3.05) is 4.90 Å². The Kier molecular flexibility index (Phi) is 8.92. The fraction of sp³-hybridized carbons (Fsp3) is 0.0526. The second kappa shape index (κ2) is 14.7. The lowest BCUT2D eigenvalue weighted by Gasteiger charge is -2.31. The highest BCUT2D eigenvalue weighted by Crippen LogP contribution is 2.52. The standard InChI is InChI=1S/C57H43N/c1-57(2)53-23-13-12-21-51(53)52-38-37-49(39-54(52)57)58(48-35-33-45(34-36-48)42-19-10-5-11-20-42)55-24-14-22-50(46-29-25-43(26-30-46)40-15-6-3-7-16-40)56(55)47-31-27-44(28-32-47)41-17-8-4-9-18-41/h3-39H,1-2H3. The number of nitrogens with zero attached hydrogens (tertiary/aromatic N) is 1. The van der Waals surface area contributed by atoms with E-state index in [4.69, 9.17) is 0 Å². The van der Waals surface area contributed by atoms with Gasteiger partial charge in [0.1, 0.15) is 0 Å². The van der Waals surface area contributed by atoms with E-state index in [2.05, 4.69) is 243 Å². The third kappa shape index (κ3) is 6.32. The first-order valence-electron chi connectivity index (χ1n) is 20.2. The van der Waals surface area contributed by atoms with E-state index < -0.39 is 0 Å². The molecular formula is C57H43N. The first kappa shape index (κ1) is 35.2. The van der Waals surface area contributed by atoms with Crippen LogP contribution >= 0.6 is 0 Å². The summed E-state index contributed by atoms with van der Waals surface area (Å²) in [6.45, 7) is 4.72. The van der Waals surface area contributed by atoms with E-state index in [9.17, 15) is 0 Å². The van der Waals surface area contributed by atoms with Gasteiger partial charge in [-0.15, -0.1) is 0 Å². The van der Waals surface area contributed by atoms with Gasteiger partial charge < -0.3 is 4.90 Å². The minimum absolute atomic E-state index is 0.136. The zero-order valence-corrected chi connectivity index (χ0v) is 32.8. The van der Waals surface area contributed by atoms with Gasteiger partial charge in [0.2, 0.25) is 0 Å². The molecule has 0 saturated heterocycles. The van der Waals surface area contributed by atoms with Gasteiger partial charge in [0.15, 0.2) is 0 Å². The zero-order valence-electron chi connectivity index (χ0n) is 32.8. The molecule has 1 aliphatic rings. The molecule has 0 amide bonds. The fourth-order valence-electron chi connectivity index (χ4n) is 8.90. The van der Waals surface area contributed by atoms with Crippen LogP contribution in [-0.4, -0.2) is 0 Å². The molecule has 0 bridgehead atoms. The second-order valence-electron chi connectivity index (χ2n) is 15.7. The van der Waals surface area contributed by atoms with Crippen LogP contribution in [0.1, 0.15) is 25.0 Å². The van der Waals surface area contributed by atoms with Crippen molar-refractivity contribution in [3.05, 3.63) is 236 Å². The molecule has 276 valence electrons. The molecule has 0 saturated carbocycles. The van der Waals surface area contributed by atoms with E-state index in [0.29, 0.717) is 0 Å². The summed E-state index contributed by atoms with van der Waals surface area (Å²) in [5, 5.41) is 0. The monoisotopic (exact) mass is 741 g/mol. The molecule has 0 fully saturated rings. The Morgan fingerprint density at radius 1 is 0.293 bits per heavy atom. The summed E-state index contributed by atoms with van der Waals surface area (Å²) in [6.07, 6.45) is 0. The highest BCUT2D eigenvalue weighted by molar-refractivity contribution is 5.98. The third-order valence-electron chi connectivity index (χ3n) is 11.9. The number of hydrogen-bond donors (Lipinski definition) is 0. The van der Waals surface area contributed by atoms with Crippen LogP contribution in [0.4, 0.5) is 17.1 Å². The van der Waals surface area contributed by atoms with Crippen molar-refractivity contribution in [2.24, 2.45) is 0 Å². The van der Waals surface area contributed by atoms with E-state index in [0.717, 1.165) is 22.6 Å². The smallest absolute Gasteiger partial charge is 0.0546 e. The fourth-order valence-corrected chi connectivity index (χ4v) is 8.90. The van der Waals surface area contributed by atoms with Crippen LogP contribution in [0.5, 0.6) is 0 Å². The van der Waals surface area contributed by atoms with Gasteiger partial charge in [0, 0.05) is 22.4 Å². The number of anilines is 3. The normalized spacial score (nSPS) is 12.4. The molecule has 0 N–H and O–H groups in total. The van der Waals surface area contributed by atoms with Crippen molar-refractivity contribution in [3.8, 4) is 66.8 Å². The number of rotatable bonds is 8. The Hall–Kier alpha value is -7.22. The topological polar surface area (TPSA) is 3.24 Å². The lowest BCUT2D eigenvalue weighted by molar-refractivity contribution is 0.660. The summed E-state index contributed by atoms with van der Waals surface area (Å²) in [5.41, 5.74) is 20.5. The lowest BCUT2D eigenvalue weighted by atomic mass is 9.82. The van der Waals surface area contributed by atoms with Crippen LogP contribution < -0.4 is 4.90 Å². The summed E-state index contributed by atoms with van der Waals surface area (Å²) in [7, 11) is 0. The van der Waals surface area contributed by atoms with Crippen LogP contribution in [0.2, 0.25) is 0 Å². The molecule has 0 heterocycles. The molecule has 1 aliphatic carbocycles. The molecule has 9 aromatic rings. The predicted molar refractivity (Wildman–Crippen MR) is 246 cm³/mol. The van der Waals surface area contributed by atoms with Crippen molar-refractivity contribution < 1.29 is 0 Å². The summed E-state index contributed by atoms with van der Waals surface area (Å²) in [4.78, 5) is 2.47. The van der Waals surface area contributed by atoms with Gasteiger partial charge in [-0.05, 0) is 103 Å². The quantitative estimate of drug-likeness (QED) is 0.150. The molecule has 0 aromatic heterocycles. The van der Waals surface area contributed by atoms with Crippen molar-refractivity contribution in [1.82, 2.24) is 0 Å². The highest BCUT2D eigenvalue weighted by atomic mass is 15.1. The van der Waals surface area contributed by atoms with Crippen molar-refractivity contribution in [2.45, 2.75) is 19.3 Å². The van der Waals surface area contributed by atoms with Crippen molar-refractivity contribution >= 4 is 17.1 Å². The molecule has 1 nitrogen and oxygen atoms in total. The van der Waals surface area contributed by atoms with E-state index in [1.54, 1.807) is 0 Å². The van der Waals surface area contributed by atoms with E-state index in [-0.39, 0.29) is 5.41 Å². The zero-order chi connectivity index (χ0) is 39.1. The number of hydrogen-bond acceptors (Lipinski definition) is 1. The summed E-state index contributed by atoms with van der Waals surface area (Å²) < 4.78 is 0. The maximum atomic E-state index is 2.47. The first-order valence-corrected chi connectivity index (χ1v) is 20.2. The molecule has 0 unspecified atom stereocenters. The molecule has 0 aliphatic heterocycles. The Bertz CT molecular complexity index is 2850. The molecule has 0 radical (unpaired) electrons. The lowest BCUT2D eigenvalue weighted by Crippen LogP contribution is -2.17. The van der Waals surface area contributed by atoms with Crippen LogP contribution in [0.15, 0.2) is 224 Å². The van der Waals surface area contributed by atoms with Gasteiger partial charge in [0.25, 0.3) is 0 Å². The summed E-state index contributed by atoms with van der Waals surface area (Å²) >= 11 is 0. The SMILES string of the molecule is CC1(C)c2ccccc2-c2ccc(N(c3ccc(-c4ccccc4)cc3)c3cccc(-c4ccc(-c5ccccc5)cc4)c3-c3ccc(-c4ccccc4)cc3)cc21. The molecule has 58 heavy (non-hydrogen) atoms. The minimum Gasteiger partial charge on any atom is -0.310 e. The van der Waals surface area contributed by atoms with Gasteiger partial charge in [-0.3, -0.25) is 0 Å². The Morgan fingerprint density at radius 3 is 1.28 bits per heavy atom. The summed E-state index contributed by atoms with van der Waals surface area (Å²) in [5.74, 6) is 0. The number of fused-ring (bicyclic) bond motifs is 3. The van der Waals surface area contributed by atoms with E-state index >= 15 is 0 Å². The third-order valence-corrected chi connectivity index (χ3v) is 11.9. The molecule has 1 heteroatoms. The maximum Gasteiger partial charge on any atom is 0.0546 e. The molecule has 0 spiro atoms. The van der Waals surface area contributed by atoms with Gasteiger partial charge >= 0.3 is 0 Å². The van der Waals surface area contributed by atoms with Gasteiger partial charge in [-0.25, -0.2) is 0 Å². The van der Waals surface area contributed by atoms with Crippen LogP contribution in [0.25, 0.3) is 66.8 Å². The van der Waals surface area contributed by atoms with Crippen molar-refractivity contribution in [1.29, 1.82) is 0 Å². The molecular weight excluding hydrogens is 699 g/mol. The predicted octanol–water partition coefficient (Wildman–Crippen LogP) is 15.8. The van der Waals surface area contributed by atoms with Crippen LogP contribution in [-0.2, 0) is 5.41 Å². The molecule has 10 rings (SSSR count). The van der Waals surface area contributed by atoms with Gasteiger partial charge in [-0.2, -0.15) is 0 Å². The van der Waals surface area contributed by atoms with Gasteiger partial charge in [0.05, 0.1) is 5.69 Å². The Labute approximate surface area is 342 Å². The second-order valence-corrected chi connectivity index (χ2v) is 15.7. The van der Waals surface area contributed by atoms with Gasteiger partial charge in [-0.1, -0.05) is 208 Å². The first-order chi connectivity index (χ1) is 28.5. The summed E-state index contributed by atoms with van der Waals surface area (Å²) in [6, 6.07) is 81.9. The Balaban J connectivity index is 1.18.